The van der Waals surface area contributed by atoms with E-state index in [1.165, 1.54) is 0 Å². The Hall–Kier alpha value is -2.49. The summed E-state index contributed by atoms with van der Waals surface area (Å²) >= 11 is 0. The van der Waals surface area contributed by atoms with E-state index in [1.54, 1.807) is 13.8 Å². The molecule has 27 heavy (non-hydrogen) atoms. The van der Waals surface area contributed by atoms with Crippen LogP contribution in [-0.2, 0) is 24.0 Å². The first-order valence-electron chi connectivity index (χ1n) is 8.85. The van der Waals surface area contributed by atoms with E-state index in [9.17, 15) is 24.0 Å². The highest BCUT2D eigenvalue weighted by molar-refractivity contribution is 5.95. The summed E-state index contributed by atoms with van der Waals surface area (Å²) in [5, 5.41) is 7.37. The van der Waals surface area contributed by atoms with Crippen molar-refractivity contribution in [1.82, 2.24) is 16.0 Å². The van der Waals surface area contributed by atoms with Crippen LogP contribution >= 0.6 is 0 Å². The van der Waals surface area contributed by atoms with E-state index in [2.05, 4.69) is 16.0 Å². The Balaban J connectivity index is 5.23. The van der Waals surface area contributed by atoms with E-state index in [0.717, 1.165) is 0 Å². The van der Waals surface area contributed by atoms with Crippen LogP contribution in [0.15, 0.2) is 0 Å². The third-order valence-corrected chi connectivity index (χ3v) is 3.71. The average Bonchev–Trinajstić information content (AvgIpc) is 2.56. The van der Waals surface area contributed by atoms with Crippen LogP contribution < -0.4 is 27.4 Å². The van der Waals surface area contributed by atoms with Gasteiger partial charge < -0.3 is 32.2 Å². The van der Waals surface area contributed by atoms with Gasteiger partial charge in [-0.05, 0) is 18.3 Å². The van der Waals surface area contributed by atoms with Crippen molar-refractivity contribution in [3.63, 3.8) is 0 Å². The number of hydrogen-bond acceptors (Lipinski definition) is 6. The predicted molar refractivity (Wildman–Crippen MR) is 99.0 cm³/mol. The minimum Gasteiger partial charge on any atom is -0.370 e. The molecule has 0 aliphatic heterocycles. The molecule has 4 amide bonds. The summed E-state index contributed by atoms with van der Waals surface area (Å²) in [6.07, 6.45) is 0.563. The van der Waals surface area contributed by atoms with Crippen LogP contribution in [0.4, 0.5) is 0 Å². The van der Waals surface area contributed by atoms with Gasteiger partial charge >= 0.3 is 0 Å². The van der Waals surface area contributed by atoms with Gasteiger partial charge in [-0.25, -0.2) is 0 Å². The Morgan fingerprint density at radius 2 is 1.56 bits per heavy atom. The van der Waals surface area contributed by atoms with Crippen molar-refractivity contribution in [3.05, 3.63) is 0 Å². The van der Waals surface area contributed by atoms with E-state index in [1.807, 2.05) is 13.8 Å². The fraction of sp³-hybridized carbons (Fsp3) is 0.706. The molecule has 0 aliphatic rings. The molecule has 3 atom stereocenters. The van der Waals surface area contributed by atoms with Crippen molar-refractivity contribution in [3.8, 4) is 0 Å². The summed E-state index contributed by atoms with van der Waals surface area (Å²) in [4.78, 5) is 58.9. The highest BCUT2D eigenvalue weighted by Gasteiger charge is 2.30. The Labute approximate surface area is 159 Å². The number of carbonyl (C=O) groups is 5. The molecule has 0 aromatic rings. The third-order valence-electron chi connectivity index (χ3n) is 3.71. The van der Waals surface area contributed by atoms with Crippen molar-refractivity contribution in [1.29, 1.82) is 0 Å². The molecule has 0 fully saturated rings. The number of carbonyl (C=O) groups excluding carboxylic acids is 5. The molecular formula is C17H31N5O5. The van der Waals surface area contributed by atoms with Crippen molar-refractivity contribution in [2.75, 3.05) is 6.54 Å². The van der Waals surface area contributed by atoms with Gasteiger partial charge in [-0.2, -0.15) is 0 Å². The number of nitrogens with two attached hydrogens (primary N) is 2. The van der Waals surface area contributed by atoms with Crippen LogP contribution in [0.2, 0.25) is 0 Å². The zero-order chi connectivity index (χ0) is 21.1. The van der Waals surface area contributed by atoms with Gasteiger partial charge in [0.25, 0.3) is 0 Å². The van der Waals surface area contributed by atoms with E-state index >= 15 is 0 Å². The van der Waals surface area contributed by atoms with Gasteiger partial charge in [0.05, 0.1) is 19.0 Å². The Bertz CT molecular complexity index is 550. The van der Waals surface area contributed by atoms with Crippen LogP contribution in [0.5, 0.6) is 0 Å². The lowest BCUT2D eigenvalue weighted by molar-refractivity contribution is -0.134. The molecular weight excluding hydrogens is 354 g/mol. The van der Waals surface area contributed by atoms with Gasteiger partial charge in [0.1, 0.15) is 18.4 Å². The molecule has 0 bridgehead atoms. The number of rotatable bonds is 12. The second-order valence-corrected chi connectivity index (χ2v) is 7.11. The van der Waals surface area contributed by atoms with Crippen molar-refractivity contribution >= 4 is 29.9 Å². The van der Waals surface area contributed by atoms with Gasteiger partial charge in [-0.3, -0.25) is 19.2 Å². The van der Waals surface area contributed by atoms with E-state index in [4.69, 9.17) is 11.5 Å². The number of primary amides is 1. The summed E-state index contributed by atoms with van der Waals surface area (Å²) in [7, 11) is 0. The zero-order valence-corrected chi connectivity index (χ0v) is 16.3. The third kappa shape index (κ3) is 9.69. The standard InChI is InChI=1S/C17H31N5O5/c1-9(2)5-11(8-23)20-16(26)12(6-13(19)24)21-17(27)15(10(3)4)22-14(25)7-18/h8-12,15H,5-7,18H2,1-4H3,(H2,19,24)(H,20,26)(H,21,27)(H,22,25)/t11-,12-,15-/m0/s1. The number of aldehydes is 1. The van der Waals surface area contributed by atoms with Crippen molar-refractivity contribution < 1.29 is 24.0 Å². The Morgan fingerprint density at radius 1 is 0.963 bits per heavy atom. The summed E-state index contributed by atoms with van der Waals surface area (Å²) in [5.74, 6) is -2.82. The average molecular weight is 385 g/mol. The number of hydrogen-bond donors (Lipinski definition) is 5. The Morgan fingerprint density at radius 3 is 1.96 bits per heavy atom. The summed E-state index contributed by atoms with van der Waals surface area (Å²) in [6, 6.07) is -2.95. The van der Waals surface area contributed by atoms with Gasteiger partial charge in [-0.15, -0.1) is 0 Å². The molecule has 0 aliphatic carbocycles. The molecule has 10 heteroatoms. The maximum Gasteiger partial charge on any atom is 0.243 e. The maximum atomic E-state index is 12.5. The van der Waals surface area contributed by atoms with Crippen molar-refractivity contribution in [2.45, 2.75) is 58.7 Å². The van der Waals surface area contributed by atoms with E-state index in [0.29, 0.717) is 12.7 Å². The molecule has 0 rings (SSSR count). The topological polar surface area (TPSA) is 173 Å². The van der Waals surface area contributed by atoms with Crippen LogP contribution in [-0.4, -0.2) is 54.6 Å². The fourth-order valence-corrected chi connectivity index (χ4v) is 2.38. The molecule has 0 aromatic heterocycles. The normalized spacial score (nSPS) is 14.2. The van der Waals surface area contributed by atoms with Crippen LogP contribution in [0, 0.1) is 11.8 Å². The largest absolute Gasteiger partial charge is 0.370 e. The SMILES string of the molecule is CC(C)C[C@@H](C=O)NC(=O)[C@H](CC(N)=O)NC(=O)[C@@H](NC(=O)CN)C(C)C. The second-order valence-electron chi connectivity index (χ2n) is 7.11. The first-order valence-corrected chi connectivity index (χ1v) is 8.85. The summed E-state index contributed by atoms with van der Waals surface area (Å²) in [6.45, 7) is 6.89. The minimum absolute atomic E-state index is 0.154. The van der Waals surface area contributed by atoms with Crippen LogP contribution in [0.25, 0.3) is 0 Å². The second kappa shape index (κ2) is 12.0. The maximum absolute atomic E-state index is 12.5. The molecule has 154 valence electrons. The lowest BCUT2D eigenvalue weighted by Gasteiger charge is -2.25. The quantitative estimate of drug-likeness (QED) is 0.247. The summed E-state index contributed by atoms with van der Waals surface area (Å²) < 4.78 is 0. The monoisotopic (exact) mass is 385 g/mol. The molecule has 0 unspecified atom stereocenters. The highest BCUT2D eigenvalue weighted by Crippen LogP contribution is 2.06. The fourth-order valence-electron chi connectivity index (χ4n) is 2.38. The van der Waals surface area contributed by atoms with Gasteiger partial charge in [0.15, 0.2) is 0 Å². The van der Waals surface area contributed by atoms with Crippen LogP contribution in [0.1, 0.15) is 40.5 Å². The molecule has 0 saturated carbocycles. The van der Waals surface area contributed by atoms with Gasteiger partial charge in [0, 0.05) is 0 Å². The molecule has 10 nitrogen and oxygen atoms in total. The lowest BCUT2D eigenvalue weighted by atomic mass is 10.0. The van der Waals surface area contributed by atoms with Crippen molar-refractivity contribution in [2.24, 2.45) is 23.3 Å². The molecule has 0 spiro atoms. The van der Waals surface area contributed by atoms with E-state index in [-0.39, 0.29) is 18.4 Å². The first kappa shape index (κ1) is 24.5. The number of nitrogens with one attached hydrogen (secondary N) is 3. The molecule has 0 radical (unpaired) electrons. The highest BCUT2D eigenvalue weighted by atomic mass is 16.2. The van der Waals surface area contributed by atoms with Gasteiger partial charge in [-0.1, -0.05) is 27.7 Å². The van der Waals surface area contributed by atoms with E-state index < -0.39 is 48.2 Å². The molecule has 0 saturated heterocycles. The molecule has 0 aromatic carbocycles. The molecule has 7 N–H and O–H groups in total. The van der Waals surface area contributed by atoms with Gasteiger partial charge in [0.2, 0.25) is 23.6 Å². The minimum atomic E-state index is -1.26. The summed E-state index contributed by atoms with van der Waals surface area (Å²) in [5.41, 5.74) is 10.4. The number of amides is 4. The lowest BCUT2D eigenvalue weighted by Crippen LogP contribution is -2.57. The zero-order valence-electron chi connectivity index (χ0n) is 16.3. The molecule has 0 heterocycles. The smallest absolute Gasteiger partial charge is 0.243 e. The van der Waals surface area contributed by atoms with Crippen LogP contribution in [0.3, 0.4) is 0 Å². The predicted octanol–water partition coefficient (Wildman–Crippen LogP) is -1.82. The Kier molecular flexibility index (Phi) is 10.9. The first-order chi connectivity index (χ1) is 12.5.